The van der Waals surface area contributed by atoms with E-state index in [1.54, 1.807) is 17.6 Å². The zero-order valence-electron chi connectivity index (χ0n) is 17.6. The van der Waals surface area contributed by atoms with Crippen LogP contribution in [0.4, 0.5) is 11.6 Å². The van der Waals surface area contributed by atoms with E-state index in [1.165, 1.54) is 30.2 Å². The molecule has 166 valence electrons. The van der Waals surface area contributed by atoms with Crippen molar-refractivity contribution in [3.63, 3.8) is 0 Å². The summed E-state index contributed by atoms with van der Waals surface area (Å²) in [5.41, 5.74) is 1.65. The summed E-state index contributed by atoms with van der Waals surface area (Å²) in [4.78, 5) is 43.5. The molecule has 1 aliphatic heterocycles. The van der Waals surface area contributed by atoms with Gasteiger partial charge in [0.1, 0.15) is 0 Å². The van der Waals surface area contributed by atoms with Gasteiger partial charge in [-0.1, -0.05) is 24.3 Å². The van der Waals surface area contributed by atoms with Crippen molar-refractivity contribution >= 4 is 34.5 Å². The van der Waals surface area contributed by atoms with Crippen LogP contribution in [0.25, 0.3) is 11.0 Å². The van der Waals surface area contributed by atoms with E-state index in [0.29, 0.717) is 22.5 Å². The highest BCUT2D eigenvalue weighted by molar-refractivity contribution is 6.08. The molecule has 0 saturated carbocycles. The third-order valence-corrected chi connectivity index (χ3v) is 5.43. The maximum Gasteiger partial charge on any atom is 0.321 e. The fourth-order valence-electron chi connectivity index (χ4n) is 4.07. The molecule has 0 N–H and O–H groups in total. The smallest absolute Gasteiger partial charge is 0.321 e. The second-order valence-electron chi connectivity index (χ2n) is 7.28. The van der Waals surface area contributed by atoms with Crippen LogP contribution < -0.4 is 4.90 Å². The van der Waals surface area contributed by atoms with Gasteiger partial charge in [-0.2, -0.15) is 0 Å². The Labute approximate surface area is 183 Å². The van der Waals surface area contributed by atoms with Gasteiger partial charge in [-0.25, -0.2) is 4.98 Å². The molecule has 2 atom stereocenters. The van der Waals surface area contributed by atoms with Crippen LogP contribution in [0.15, 0.2) is 48.5 Å². The number of para-hydroxylation sites is 2. The number of non-ortho nitro benzene ring substituents is 1. The van der Waals surface area contributed by atoms with Crippen molar-refractivity contribution in [1.82, 2.24) is 9.55 Å². The summed E-state index contributed by atoms with van der Waals surface area (Å²) in [6, 6.07) is 12.4. The molecule has 10 heteroatoms. The number of rotatable bonds is 7. The van der Waals surface area contributed by atoms with Crippen LogP contribution in [0.3, 0.4) is 0 Å². The minimum atomic E-state index is -1.24. The first-order valence-corrected chi connectivity index (χ1v) is 10.2. The highest BCUT2D eigenvalue weighted by atomic mass is 16.6. The number of hydrogen-bond donors (Lipinski definition) is 0. The Balaban J connectivity index is 1.99. The van der Waals surface area contributed by atoms with E-state index < -0.39 is 28.8 Å². The van der Waals surface area contributed by atoms with E-state index in [2.05, 4.69) is 4.98 Å². The number of fused-ring (bicyclic) bond motifs is 3. The first-order valence-electron chi connectivity index (χ1n) is 10.2. The quantitative estimate of drug-likeness (QED) is 0.241. The van der Waals surface area contributed by atoms with E-state index in [9.17, 15) is 19.7 Å². The number of nitro benzene ring substituents is 1. The van der Waals surface area contributed by atoms with Gasteiger partial charge in [0.05, 0.1) is 41.8 Å². The molecule has 0 fully saturated rings. The van der Waals surface area contributed by atoms with E-state index in [-0.39, 0.29) is 25.4 Å². The van der Waals surface area contributed by atoms with Gasteiger partial charge in [0, 0.05) is 19.2 Å². The maximum atomic E-state index is 13.6. The SMILES string of the molecule is CCOC(=O)[C@H]1C(=O)N(CCOC)c2nc3ccccc3n2[C@H]1c1cccc([N+](=O)[O-])c1. The van der Waals surface area contributed by atoms with Crippen molar-refractivity contribution in [2.45, 2.75) is 13.0 Å². The number of methoxy groups -OCH3 is 1. The molecule has 0 bridgehead atoms. The molecule has 1 aromatic heterocycles. The summed E-state index contributed by atoms with van der Waals surface area (Å²) in [7, 11) is 1.52. The Kier molecular flexibility index (Phi) is 5.87. The first kappa shape index (κ1) is 21.4. The van der Waals surface area contributed by atoms with Gasteiger partial charge in [0.2, 0.25) is 11.9 Å². The standard InChI is InChI=1S/C22H22N4O6/c1-3-32-21(28)18-19(14-7-6-8-15(13-14)26(29)30)25-17-10-5-4-9-16(17)23-22(25)24(20(18)27)11-12-31-2/h4-10,13,18-19H,3,11-12H2,1-2H3/t18-,19+/m1/s1. The normalized spacial score (nSPS) is 17.9. The lowest BCUT2D eigenvalue weighted by molar-refractivity contribution is -0.384. The van der Waals surface area contributed by atoms with Crippen molar-refractivity contribution in [3.05, 3.63) is 64.2 Å². The second kappa shape index (κ2) is 8.75. The van der Waals surface area contributed by atoms with E-state index in [1.807, 2.05) is 24.3 Å². The topological polar surface area (TPSA) is 117 Å². The van der Waals surface area contributed by atoms with E-state index >= 15 is 0 Å². The van der Waals surface area contributed by atoms with Gasteiger partial charge in [0.15, 0.2) is 5.92 Å². The molecule has 1 amide bonds. The number of carbonyl (C=O) groups is 2. The Hall–Kier alpha value is -3.79. The molecular formula is C22H22N4O6. The zero-order valence-corrected chi connectivity index (χ0v) is 17.6. The summed E-state index contributed by atoms with van der Waals surface area (Å²) in [5.74, 6) is -2.07. The molecule has 1 aliphatic rings. The third kappa shape index (κ3) is 3.58. The average molecular weight is 438 g/mol. The number of esters is 1. The van der Waals surface area contributed by atoms with E-state index in [4.69, 9.17) is 9.47 Å². The predicted octanol–water partition coefficient (Wildman–Crippen LogP) is 2.71. The minimum absolute atomic E-state index is 0.0971. The fraction of sp³-hybridized carbons (Fsp3) is 0.318. The summed E-state index contributed by atoms with van der Waals surface area (Å²) in [6.07, 6.45) is 0. The molecule has 4 rings (SSSR count). The lowest BCUT2D eigenvalue weighted by atomic mass is 9.89. The van der Waals surface area contributed by atoms with Crippen LogP contribution in [-0.2, 0) is 19.1 Å². The van der Waals surface area contributed by atoms with Gasteiger partial charge in [-0.15, -0.1) is 0 Å². The number of hydrogen-bond acceptors (Lipinski definition) is 7. The molecule has 0 spiro atoms. The number of benzene rings is 2. The average Bonchev–Trinajstić information content (AvgIpc) is 3.17. The highest BCUT2D eigenvalue weighted by Gasteiger charge is 2.48. The number of amides is 1. The highest BCUT2D eigenvalue weighted by Crippen LogP contribution is 2.41. The number of aromatic nitrogens is 2. The van der Waals surface area contributed by atoms with Crippen molar-refractivity contribution in [2.24, 2.45) is 5.92 Å². The van der Waals surface area contributed by atoms with Crippen LogP contribution >= 0.6 is 0 Å². The van der Waals surface area contributed by atoms with Crippen LogP contribution in [0.2, 0.25) is 0 Å². The summed E-state index contributed by atoms with van der Waals surface area (Å²) in [6.45, 7) is 2.19. The van der Waals surface area contributed by atoms with Gasteiger partial charge in [-0.05, 0) is 24.6 Å². The van der Waals surface area contributed by atoms with Crippen LogP contribution in [0.1, 0.15) is 18.5 Å². The monoisotopic (exact) mass is 438 g/mol. The summed E-state index contributed by atoms with van der Waals surface area (Å²) in [5, 5.41) is 11.4. The Morgan fingerprint density at radius 2 is 2.00 bits per heavy atom. The Bertz CT molecular complexity index is 1190. The Morgan fingerprint density at radius 3 is 2.72 bits per heavy atom. The largest absolute Gasteiger partial charge is 0.465 e. The number of ether oxygens (including phenoxy) is 2. The van der Waals surface area contributed by atoms with Crippen molar-refractivity contribution in [3.8, 4) is 0 Å². The van der Waals surface area contributed by atoms with Gasteiger partial charge < -0.3 is 14.0 Å². The summed E-state index contributed by atoms with van der Waals surface area (Å²) < 4.78 is 12.2. The molecule has 10 nitrogen and oxygen atoms in total. The van der Waals surface area contributed by atoms with Gasteiger partial charge >= 0.3 is 5.97 Å². The van der Waals surface area contributed by atoms with Crippen LogP contribution in [0.5, 0.6) is 0 Å². The van der Waals surface area contributed by atoms with E-state index in [0.717, 1.165) is 0 Å². The van der Waals surface area contributed by atoms with Gasteiger partial charge in [0.25, 0.3) is 5.69 Å². The van der Waals surface area contributed by atoms with Crippen LogP contribution in [-0.4, -0.2) is 53.2 Å². The predicted molar refractivity (Wildman–Crippen MR) is 115 cm³/mol. The molecule has 32 heavy (non-hydrogen) atoms. The van der Waals surface area contributed by atoms with Crippen LogP contribution in [0, 0.1) is 16.0 Å². The van der Waals surface area contributed by atoms with Gasteiger partial charge in [-0.3, -0.25) is 24.6 Å². The zero-order chi connectivity index (χ0) is 22.8. The second-order valence-corrected chi connectivity index (χ2v) is 7.28. The molecular weight excluding hydrogens is 416 g/mol. The molecule has 0 saturated heterocycles. The summed E-state index contributed by atoms with van der Waals surface area (Å²) >= 11 is 0. The number of anilines is 1. The molecule has 0 unspecified atom stereocenters. The number of nitro groups is 1. The molecule has 2 aromatic carbocycles. The van der Waals surface area contributed by atoms with Crippen molar-refractivity contribution in [1.29, 1.82) is 0 Å². The maximum absolute atomic E-state index is 13.6. The molecule has 0 radical (unpaired) electrons. The minimum Gasteiger partial charge on any atom is -0.465 e. The Morgan fingerprint density at radius 1 is 1.22 bits per heavy atom. The number of imidazole rings is 1. The van der Waals surface area contributed by atoms with Crippen molar-refractivity contribution in [2.75, 3.05) is 31.8 Å². The molecule has 3 aromatic rings. The lowest BCUT2D eigenvalue weighted by Crippen LogP contribution is -2.51. The number of nitrogens with zero attached hydrogens (tertiary/aromatic N) is 4. The third-order valence-electron chi connectivity index (χ3n) is 5.43. The molecule has 2 heterocycles. The lowest BCUT2D eigenvalue weighted by Gasteiger charge is -2.37. The number of carbonyl (C=O) groups excluding carboxylic acids is 2. The van der Waals surface area contributed by atoms with Crippen molar-refractivity contribution < 1.29 is 24.0 Å². The molecule has 0 aliphatic carbocycles. The first-order chi connectivity index (χ1) is 15.5. The fourth-order valence-corrected chi connectivity index (χ4v) is 4.07.